The van der Waals surface area contributed by atoms with Crippen molar-refractivity contribution in [1.29, 1.82) is 0 Å². The summed E-state index contributed by atoms with van der Waals surface area (Å²) in [4.78, 5) is 14.0. The Morgan fingerprint density at radius 2 is 2.06 bits per heavy atom. The van der Waals surface area contributed by atoms with Gasteiger partial charge in [-0.15, -0.1) is 0 Å². The molecule has 2 heterocycles. The number of nitrogens with zero attached hydrogens (tertiary/aromatic N) is 1. The molecule has 3 rings (SSSR count). The van der Waals surface area contributed by atoms with E-state index in [1.807, 2.05) is 0 Å². The average molecular weight is 252 g/mol. The van der Waals surface area contributed by atoms with Gasteiger partial charge in [-0.25, -0.2) is 0 Å². The summed E-state index contributed by atoms with van der Waals surface area (Å²) in [5.74, 6) is 1.95. The number of hydrogen-bond acceptors (Lipinski definition) is 4. The highest BCUT2D eigenvalue weighted by Gasteiger charge is 2.41. The molecule has 0 aromatic rings. The lowest BCUT2D eigenvalue weighted by Gasteiger charge is -2.48. The van der Waals surface area contributed by atoms with Crippen LogP contribution in [-0.2, 0) is 9.53 Å². The maximum absolute atomic E-state index is 11.4. The van der Waals surface area contributed by atoms with Gasteiger partial charge in [0.1, 0.15) is 0 Å². The van der Waals surface area contributed by atoms with Crippen molar-refractivity contribution in [3.8, 4) is 0 Å². The van der Waals surface area contributed by atoms with Gasteiger partial charge in [-0.3, -0.25) is 4.79 Å². The van der Waals surface area contributed by atoms with Gasteiger partial charge in [-0.05, 0) is 57.2 Å². The van der Waals surface area contributed by atoms with Gasteiger partial charge >= 0.3 is 5.97 Å². The van der Waals surface area contributed by atoms with E-state index in [2.05, 4.69) is 10.2 Å². The quantitative estimate of drug-likeness (QED) is 0.757. The van der Waals surface area contributed by atoms with Gasteiger partial charge in [0, 0.05) is 12.6 Å². The standard InChI is InChI=1S/C14H24N2O2/c1-18-14(17)11-5-13(6-11)16-4-2-3-10(9-16)12-7-15-8-12/h10-13,15H,2-9H2,1H3/t10-,11?,13?/m0/s1. The fraction of sp³-hybridized carbons (Fsp3) is 0.929. The summed E-state index contributed by atoms with van der Waals surface area (Å²) in [6, 6.07) is 0.643. The highest BCUT2D eigenvalue weighted by molar-refractivity contribution is 5.73. The Kier molecular flexibility index (Phi) is 3.57. The molecule has 2 aliphatic heterocycles. The van der Waals surface area contributed by atoms with Crippen molar-refractivity contribution in [2.45, 2.75) is 31.7 Å². The molecular weight excluding hydrogens is 228 g/mol. The third-order valence-electron chi connectivity index (χ3n) is 5.13. The summed E-state index contributed by atoms with van der Waals surface area (Å²) in [5.41, 5.74) is 0. The number of ether oxygens (including phenoxy) is 1. The van der Waals surface area contributed by atoms with Crippen LogP contribution in [0.15, 0.2) is 0 Å². The van der Waals surface area contributed by atoms with Crippen LogP contribution in [0.4, 0.5) is 0 Å². The smallest absolute Gasteiger partial charge is 0.308 e. The molecule has 1 N–H and O–H groups in total. The molecule has 0 unspecified atom stereocenters. The normalized spacial score (nSPS) is 37.7. The fourth-order valence-electron chi connectivity index (χ4n) is 3.65. The molecule has 0 spiro atoms. The minimum atomic E-state index is -0.0111. The average Bonchev–Trinajstić information content (AvgIpc) is 2.25. The topological polar surface area (TPSA) is 41.6 Å². The first-order valence-corrected chi connectivity index (χ1v) is 7.30. The Hall–Kier alpha value is -0.610. The lowest BCUT2D eigenvalue weighted by Crippen LogP contribution is -2.55. The van der Waals surface area contributed by atoms with Gasteiger partial charge in [0.05, 0.1) is 13.0 Å². The maximum atomic E-state index is 11.4. The van der Waals surface area contributed by atoms with Crippen molar-refractivity contribution in [3.05, 3.63) is 0 Å². The zero-order valence-electron chi connectivity index (χ0n) is 11.2. The molecule has 3 aliphatic rings. The van der Waals surface area contributed by atoms with Gasteiger partial charge in [0.2, 0.25) is 0 Å². The molecule has 1 saturated carbocycles. The number of likely N-dealkylation sites (tertiary alicyclic amines) is 1. The van der Waals surface area contributed by atoms with Crippen LogP contribution in [0, 0.1) is 17.8 Å². The van der Waals surface area contributed by atoms with Crippen LogP contribution >= 0.6 is 0 Å². The molecule has 0 bridgehead atoms. The van der Waals surface area contributed by atoms with Gasteiger partial charge < -0.3 is 15.0 Å². The fourth-order valence-corrected chi connectivity index (χ4v) is 3.65. The molecule has 3 fully saturated rings. The number of methoxy groups -OCH3 is 1. The second kappa shape index (κ2) is 5.17. The Balaban J connectivity index is 1.47. The number of carbonyl (C=O) groups is 1. The summed E-state index contributed by atoms with van der Waals surface area (Å²) in [5, 5.41) is 3.38. The van der Waals surface area contributed by atoms with Crippen molar-refractivity contribution in [3.63, 3.8) is 0 Å². The predicted molar refractivity (Wildman–Crippen MR) is 69.2 cm³/mol. The van der Waals surface area contributed by atoms with Gasteiger partial charge in [-0.1, -0.05) is 0 Å². The van der Waals surface area contributed by atoms with E-state index in [9.17, 15) is 4.79 Å². The molecule has 4 nitrogen and oxygen atoms in total. The van der Waals surface area contributed by atoms with Crippen LogP contribution in [0.2, 0.25) is 0 Å². The van der Waals surface area contributed by atoms with Crippen LogP contribution in [-0.4, -0.2) is 50.2 Å². The van der Waals surface area contributed by atoms with Crippen molar-refractivity contribution in [2.75, 3.05) is 33.3 Å². The lowest BCUT2D eigenvalue weighted by atomic mass is 9.76. The number of piperidine rings is 1. The summed E-state index contributed by atoms with van der Waals surface area (Å²) in [6.45, 7) is 4.92. The molecule has 18 heavy (non-hydrogen) atoms. The van der Waals surface area contributed by atoms with Gasteiger partial charge in [0.15, 0.2) is 0 Å². The van der Waals surface area contributed by atoms with E-state index in [-0.39, 0.29) is 11.9 Å². The summed E-state index contributed by atoms with van der Waals surface area (Å²) < 4.78 is 4.81. The third kappa shape index (κ3) is 2.28. The number of esters is 1. The van der Waals surface area contributed by atoms with E-state index in [0.717, 1.165) is 24.7 Å². The van der Waals surface area contributed by atoms with Crippen LogP contribution in [0.1, 0.15) is 25.7 Å². The van der Waals surface area contributed by atoms with Crippen molar-refractivity contribution in [2.24, 2.45) is 17.8 Å². The van der Waals surface area contributed by atoms with Crippen LogP contribution < -0.4 is 5.32 Å². The third-order valence-corrected chi connectivity index (χ3v) is 5.13. The zero-order chi connectivity index (χ0) is 12.5. The molecule has 1 atom stereocenters. The van der Waals surface area contributed by atoms with Gasteiger partial charge in [0.25, 0.3) is 0 Å². The van der Waals surface area contributed by atoms with Gasteiger partial charge in [-0.2, -0.15) is 0 Å². The van der Waals surface area contributed by atoms with E-state index in [1.54, 1.807) is 0 Å². The molecule has 102 valence electrons. The lowest BCUT2D eigenvalue weighted by molar-refractivity contribution is -0.151. The van der Waals surface area contributed by atoms with E-state index < -0.39 is 0 Å². The first-order chi connectivity index (χ1) is 8.78. The van der Waals surface area contributed by atoms with Crippen LogP contribution in [0.3, 0.4) is 0 Å². The minimum absolute atomic E-state index is 0.0111. The van der Waals surface area contributed by atoms with E-state index in [4.69, 9.17) is 4.74 Å². The highest BCUT2D eigenvalue weighted by Crippen LogP contribution is 2.36. The Morgan fingerprint density at radius 1 is 1.28 bits per heavy atom. The van der Waals surface area contributed by atoms with E-state index in [1.165, 1.54) is 46.1 Å². The SMILES string of the molecule is COC(=O)C1CC(N2CCC[C@H](C3CNC3)C2)C1. The highest BCUT2D eigenvalue weighted by atomic mass is 16.5. The first-order valence-electron chi connectivity index (χ1n) is 7.30. The molecule has 0 aromatic carbocycles. The Bertz CT molecular complexity index is 311. The minimum Gasteiger partial charge on any atom is -0.469 e. The number of rotatable bonds is 3. The second-order valence-electron chi connectivity index (χ2n) is 6.16. The van der Waals surface area contributed by atoms with Crippen molar-refractivity contribution >= 4 is 5.97 Å². The Labute approximate surface area is 109 Å². The second-order valence-corrected chi connectivity index (χ2v) is 6.16. The molecule has 4 heteroatoms. The molecule has 2 saturated heterocycles. The van der Waals surface area contributed by atoms with Crippen LogP contribution in [0.5, 0.6) is 0 Å². The van der Waals surface area contributed by atoms with E-state index in [0.29, 0.717) is 6.04 Å². The summed E-state index contributed by atoms with van der Waals surface area (Å²) in [6.07, 6.45) is 4.77. The molecule has 0 amide bonds. The molecular formula is C14H24N2O2. The maximum Gasteiger partial charge on any atom is 0.308 e. The van der Waals surface area contributed by atoms with Crippen LogP contribution in [0.25, 0.3) is 0 Å². The number of hydrogen-bond donors (Lipinski definition) is 1. The Morgan fingerprint density at radius 3 is 2.67 bits per heavy atom. The first kappa shape index (κ1) is 12.4. The predicted octanol–water partition coefficient (Wildman–Crippen LogP) is 0.869. The summed E-state index contributed by atoms with van der Waals surface area (Å²) in [7, 11) is 1.50. The largest absolute Gasteiger partial charge is 0.469 e. The number of nitrogens with one attached hydrogen (secondary N) is 1. The molecule has 0 radical (unpaired) electrons. The molecule has 0 aromatic heterocycles. The zero-order valence-corrected chi connectivity index (χ0v) is 11.2. The number of carbonyl (C=O) groups excluding carboxylic acids is 1. The van der Waals surface area contributed by atoms with Crippen molar-refractivity contribution in [1.82, 2.24) is 10.2 Å². The van der Waals surface area contributed by atoms with Crippen molar-refractivity contribution < 1.29 is 9.53 Å². The van der Waals surface area contributed by atoms with E-state index >= 15 is 0 Å². The summed E-state index contributed by atoms with van der Waals surface area (Å²) >= 11 is 0. The molecule has 1 aliphatic carbocycles. The monoisotopic (exact) mass is 252 g/mol.